The van der Waals surface area contributed by atoms with Crippen molar-refractivity contribution in [1.29, 1.82) is 0 Å². The molecule has 0 fully saturated rings. The smallest absolute Gasteiger partial charge is 0.219 e. The summed E-state index contributed by atoms with van der Waals surface area (Å²) in [5, 5.41) is 0. The Hall–Kier alpha value is -1.56. The van der Waals surface area contributed by atoms with Gasteiger partial charge in [-0.15, -0.1) is 0 Å². The molecule has 0 nitrogen and oxygen atoms in total. The van der Waals surface area contributed by atoms with E-state index in [2.05, 4.69) is 11.6 Å². The van der Waals surface area contributed by atoms with Crippen LogP contribution in [0.4, 0.5) is 83.4 Å². The van der Waals surface area contributed by atoms with Crippen molar-refractivity contribution in [2.45, 2.75) is 47.6 Å². The van der Waals surface area contributed by atoms with E-state index in [4.69, 9.17) is 0 Å². The number of allylic oxidation sites excluding steroid dienone is 4. The first-order chi connectivity index (χ1) is 13.4. The molecule has 0 saturated carbocycles. The van der Waals surface area contributed by atoms with Crippen molar-refractivity contribution in [2.75, 3.05) is 0 Å². The van der Waals surface area contributed by atoms with Crippen LogP contribution >= 0.6 is 11.6 Å². The molecule has 0 saturated heterocycles. The molecule has 20 heteroatoms. The minimum absolute atomic E-state index is 1.17. The summed E-state index contributed by atoms with van der Waals surface area (Å²) in [7, 11) is 0. The van der Waals surface area contributed by atoms with Crippen LogP contribution in [-0.2, 0) is 0 Å². The zero-order valence-corrected chi connectivity index (χ0v) is 14.6. The van der Waals surface area contributed by atoms with E-state index in [-0.39, 0.29) is 0 Å². The number of hydrogen-bond acceptors (Lipinski definition) is 0. The molecule has 0 rings (SSSR count). The molecule has 0 heterocycles. The lowest BCUT2D eigenvalue weighted by Crippen LogP contribution is -2.51. The molecule has 0 spiro atoms. The summed E-state index contributed by atoms with van der Waals surface area (Å²) in [5.74, 6) is 0. The molecule has 0 unspecified atom stereocenters. The highest BCUT2D eigenvalue weighted by atomic mass is 35.5. The Balaban J connectivity index is 0. The van der Waals surface area contributed by atoms with Gasteiger partial charge in [0.2, 0.25) is 0 Å². The minimum atomic E-state index is -6.52. The van der Waals surface area contributed by atoms with E-state index in [0.29, 0.717) is 0 Å². The average molecular weight is 545 g/mol. The number of halogens is 20. The molecule has 0 aromatic heterocycles. The lowest BCUT2D eigenvalue weighted by molar-refractivity contribution is -0.322. The van der Waals surface area contributed by atoms with Gasteiger partial charge < -0.3 is 0 Å². The molecular formula is C12H4ClF19. The fourth-order valence-corrected chi connectivity index (χ4v) is 1.18. The van der Waals surface area contributed by atoms with Crippen molar-refractivity contribution in [3.05, 3.63) is 24.3 Å². The van der Waals surface area contributed by atoms with Gasteiger partial charge in [-0.3, -0.25) is 0 Å². The van der Waals surface area contributed by atoms with Gasteiger partial charge in [-0.1, -0.05) is 11.6 Å². The normalized spacial score (nSPS) is 15.9. The molecule has 0 radical (unpaired) electrons. The first kappa shape index (κ1) is 32.6. The Bertz CT molecular complexity index is 561. The minimum Gasteiger partial charge on any atom is -0.219 e. The second-order valence-electron chi connectivity index (χ2n) is 5.16. The van der Waals surface area contributed by atoms with E-state index in [9.17, 15) is 83.4 Å². The lowest BCUT2D eigenvalue weighted by atomic mass is 10.0. The maximum absolute atomic E-state index is 12.5. The summed E-state index contributed by atoms with van der Waals surface area (Å²) >= 11 is 4.16. The van der Waals surface area contributed by atoms with Crippen LogP contribution in [0.25, 0.3) is 0 Å². The molecule has 32 heavy (non-hydrogen) atoms. The van der Waals surface area contributed by atoms with Crippen molar-refractivity contribution in [2.24, 2.45) is 0 Å². The molecule has 0 N–H and O–H groups in total. The van der Waals surface area contributed by atoms with Gasteiger partial charge in [0.25, 0.3) is 4.87 Å². The maximum atomic E-state index is 12.5. The zero-order chi connectivity index (χ0) is 26.8. The van der Waals surface area contributed by atoms with Gasteiger partial charge in [-0.05, 0) is 12.2 Å². The van der Waals surface area contributed by atoms with Crippen LogP contribution in [0.15, 0.2) is 24.3 Å². The fraction of sp³-hybridized carbons (Fsp3) is 0.667. The van der Waals surface area contributed by atoms with E-state index < -0.39 is 71.9 Å². The van der Waals surface area contributed by atoms with E-state index in [1.165, 1.54) is 0 Å². The highest BCUT2D eigenvalue weighted by Crippen LogP contribution is 2.49. The van der Waals surface area contributed by atoms with Crippen molar-refractivity contribution < 1.29 is 83.4 Å². The Kier molecular flexibility index (Phi) is 9.54. The van der Waals surface area contributed by atoms with E-state index >= 15 is 0 Å². The van der Waals surface area contributed by atoms with Crippen LogP contribution < -0.4 is 0 Å². The lowest BCUT2D eigenvalue weighted by Gasteiger charge is -2.28. The van der Waals surface area contributed by atoms with Crippen molar-refractivity contribution >= 4 is 11.6 Å². The van der Waals surface area contributed by atoms with Gasteiger partial charge in [0.05, 0.1) is 0 Å². The molecule has 0 bridgehead atoms. The number of rotatable bonds is 2. The second kappa shape index (κ2) is 9.36. The van der Waals surface area contributed by atoms with Gasteiger partial charge in [0.1, 0.15) is 0 Å². The van der Waals surface area contributed by atoms with Gasteiger partial charge in [-0.25, -0.2) is 4.39 Å². The van der Waals surface area contributed by atoms with Gasteiger partial charge in [-0.2, -0.15) is 79.0 Å². The molecular weight excluding hydrogens is 541 g/mol. The fourth-order valence-electron chi connectivity index (χ4n) is 1.12. The number of alkyl halides is 20. The standard InChI is InChI=1S/C6H2ClF9.C6H2F10/c2*7-3(5(11,12)13,6(14,15)16)1-2-4(8,9)10/h2*1-2H/b2*2-1+. The summed E-state index contributed by atoms with van der Waals surface area (Å²) in [6.07, 6.45) is -41.5. The molecule has 0 aromatic carbocycles. The van der Waals surface area contributed by atoms with E-state index in [0.717, 1.165) is 0 Å². The van der Waals surface area contributed by atoms with Crippen LogP contribution in [0.1, 0.15) is 0 Å². The van der Waals surface area contributed by atoms with Gasteiger partial charge in [0, 0.05) is 12.2 Å². The third kappa shape index (κ3) is 9.13. The van der Waals surface area contributed by atoms with Crippen molar-refractivity contribution in [1.82, 2.24) is 0 Å². The van der Waals surface area contributed by atoms with Gasteiger partial charge in [0.15, 0.2) is 0 Å². The van der Waals surface area contributed by atoms with Crippen LogP contribution in [0.3, 0.4) is 0 Å². The van der Waals surface area contributed by atoms with Crippen LogP contribution in [-0.4, -0.2) is 47.6 Å². The molecule has 0 aliphatic heterocycles. The Morgan fingerprint density at radius 2 is 0.594 bits per heavy atom. The first-order valence-corrected chi connectivity index (χ1v) is 6.98. The summed E-state index contributed by atoms with van der Waals surface area (Å²) in [5.41, 5.74) is -6.02. The first-order valence-electron chi connectivity index (χ1n) is 6.60. The summed E-state index contributed by atoms with van der Waals surface area (Å²) in [6.45, 7) is 0. The van der Waals surface area contributed by atoms with Crippen LogP contribution in [0.5, 0.6) is 0 Å². The monoisotopic (exact) mass is 544 g/mol. The average Bonchev–Trinajstić information content (AvgIpc) is 2.44. The molecule has 0 aliphatic rings. The van der Waals surface area contributed by atoms with Crippen LogP contribution in [0.2, 0.25) is 0 Å². The van der Waals surface area contributed by atoms with Crippen molar-refractivity contribution in [3.8, 4) is 0 Å². The summed E-state index contributed by atoms with van der Waals surface area (Å²) in [4.78, 5) is -5.05. The highest BCUT2D eigenvalue weighted by molar-refractivity contribution is 6.26. The SMILES string of the molecule is FC(F)(F)/C=C/C(Cl)(C(F)(F)F)C(F)(F)F.FC(F)(F)/C=C/C(F)(C(F)(F)F)C(F)(F)F. The molecule has 192 valence electrons. The highest BCUT2D eigenvalue weighted by Gasteiger charge is 2.71. The topological polar surface area (TPSA) is 0 Å². The molecule has 0 amide bonds. The van der Waals surface area contributed by atoms with Crippen molar-refractivity contribution in [3.63, 3.8) is 0 Å². The predicted octanol–water partition coefficient (Wildman–Crippen LogP) is 8.14. The largest absolute Gasteiger partial charge is 0.435 e. The Morgan fingerprint density at radius 3 is 0.781 bits per heavy atom. The molecule has 0 aromatic rings. The van der Waals surface area contributed by atoms with Crippen LogP contribution in [0, 0.1) is 0 Å². The quantitative estimate of drug-likeness (QED) is 0.187. The van der Waals surface area contributed by atoms with E-state index in [1.54, 1.807) is 0 Å². The van der Waals surface area contributed by atoms with E-state index in [1.807, 2.05) is 0 Å². The Labute approximate surface area is 168 Å². The summed E-state index contributed by atoms with van der Waals surface area (Å²) < 4.78 is 222. The predicted molar refractivity (Wildman–Crippen MR) is 67.0 cm³/mol. The molecule has 0 aliphatic carbocycles. The third-order valence-corrected chi connectivity index (χ3v) is 3.21. The number of hydrogen-bond donors (Lipinski definition) is 0. The second-order valence-corrected chi connectivity index (χ2v) is 5.76. The van der Waals surface area contributed by atoms with Gasteiger partial charge >= 0.3 is 42.7 Å². The Morgan fingerprint density at radius 1 is 0.344 bits per heavy atom. The summed E-state index contributed by atoms with van der Waals surface area (Å²) in [6, 6.07) is 0. The maximum Gasteiger partial charge on any atom is 0.435 e. The zero-order valence-electron chi connectivity index (χ0n) is 13.9. The molecule has 0 atom stereocenters. The third-order valence-electron chi connectivity index (χ3n) is 2.65.